The summed E-state index contributed by atoms with van der Waals surface area (Å²) in [5.41, 5.74) is 0.520. The molecule has 4 nitrogen and oxygen atoms in total. The van der Waals surface area contributed by atoms with Crippen LogP contribution in [0, 0.1) is 0 Å². The Balaban J connectivity index is 2.21. The minimum Gasteiger partial charge on any atom is -0.476 e. The van der Waals surface area contributed by atoms with Crippen molar-refractivity contribution in [3.63, 3.8) is 0 Å². The predicted molar refractivity (Wildman–Crippen MR) is 90.9 cm³/mol. The van der Waals surface area contributed by atoms with E-state index in [9.17, 15) is 13.6 Å². The standard InChI is InChI=1S/C18H18ClF2NO3/c19-13-6-8-14(9-7-13)25-16(12-4-2-1-3-5-12)18(24)22-15(10-11-23)17(20)21/h1-9,15-17,23H,10-11H2,(H,22,24). The van der Waals surface area contributed by atoms with E-state index in [0.717, 1.165) is 0 Å². The second-order valence-corrected chi connectivity index (χ2v) is 5.76. The molecule has 0 aliphatic rings. The lowest BCUT2D eigenvalue weighted by Gasteiger charge is -2.23. The van der Waals surface area contributed by atoms with Crippen molar-refractivity contribution in [1.29, 1.82) is 0 Å². The largest absolute Gasteiger partial charge is 0.476 e. The Morgan fingerprint density at radius 3 is 2.32 bits per heavy atom. The van der Waals surface area contributed by atoms with Gasteiger partial charge in [-0.1, -0.05) is 41.9 Å². The highest BCUT2D eigenvalue weighted by atomic mass is 35.5. The summed E-state index contributed by atoms with van der Waals surface area (Å²) in [6.07, 6.45) is -4.14. The SMILES string of the molecule is O=C(NC(CCO)C(F)F)C(Oc1ccc(Cl)cc1)c1ccccc1. The second kappa shape index (κ2) is 9.34. The first-order chi connectivity index (χ1) is 12.0. The third-order valence-electron chi connectivity index (χ3n) is 3.48. The summed E-state index contributed by atoms with van der Waals surface area (Å²) < 4.78 is 31.7. The first-order valence-corrected chi connectivity index (χ1v) is 8.05. The number of carbonyl (C=O) groups is 1. The van der Waals surface area contributed by atoms with Gasteiger partial charge in [-0.3, -0.25) is 4.79 Å². The van der Waals surface area contributed by atoms with E-state index in [1.54, 1.807) is 54.6 Å². The maximum atomic E-state index is 13.0. The van der Waals surface area contributed by atoms with Crippen molar-refractivity contribution in [2.75, 3.05) is 6.61 Å². The van der Waals surface area contributed by atoms with Gasteiger partial charge in [0.2, 0.25) is 6.10 Å². The third-order valence-corrected chi connectivity index (χ3v) is 3.73. The highest BCUT2D eigenvalue weighted by Gasteiger charge is 2.28. The van der Waals surface area contributed by atoms with Crippen molar-refractivity contribution in [3.8, 4) is 5.75 Å². The number of halogens is 3. The maximum absolute atomic E-state index is 13.0. The van der Waals surface area contributed by atoms with Crippen molar-refractivity contribution in [3.05, 3.63) is 65.2 Å². The number of carbonyl (C=O) groups excluding carboxylic acids is 1. The minimum atomic E-state index is -2.79. The van der Waals surface area contributed by atoms with Crippen molar-refractivity contribution in [1.82, 2.24) is 5.32 Å². The highest BCUT2D eigenvalue weighted by molar-refractivity contribution is 6.30. The van der Waals surface area contributed by atoms with Gasteiger partial charge in [0, 0.05) is 17.2 Å². The zero-order valence-electron chi connectivity index (χ0n) is 13.2. The summed E-state index contributed by atoms with van der Waals surface area (Å²) in [6, 6.07) is 13.5. The lowest BCUT2D eigenvalue weighted by atomic mass is 10.1. The molecule has 0 aromatic heterocycles. The van der Waals surface area contributed by atoms with Crippen molar-refractivity contribution in [2.45, 2.75) is 25.0 Å². The van der Waals surface area contributed by atoms with E-state index < -0.39 is 31.1 Å². The molecule has 2 aromatic rings. The lowest BCUT2D eigenvalue weighted by Crippen LogP contribution is -2.44. The number of hydrogen-bond acceptors (Lipinski definition) is 3. The zero-order chi connectivity index (χ0) is 18.2. The summed E-state index contributed by atoms with van der Waals surface area (Å²) in [4.78, 5) is 12.5. The van der Waals surface area contributed by atoms with Gasteiger partial charge in [-0.2, -0.15) is 0 Å². The average Bonchev–Trinajstić information content (AvgIpc) is 2.61. The number of nitrogens with one attached hydrogen (secondary N) is 1. The molecule has 0 aliphatic heterocycles. The van der Waals surface area contributed by atoms with E-state index in [-0.39, 0.29) is 6.42 Å². The smallest absolute Gasteiger partial charge is 0.266 e. The Kier molecular flexibility index (Phi) is 7.16. The molecule has 0 bridgehead atoms. The number of hydrogen-bond donors (Lipinski definition) is 2. The number of ether oxygens (including phenoxy) is 1. The minimum absolute atomic E-state index is 0.244. The van der Waals surface area contributed by atoms with Crippen LogP contribution in [0.5, 0.6) is 5.75 Å². The van der Waals surface area contributed by atoms with E-state index in [4.69, 9.17) is 21.4 Å². The molecule has 0 spiro atoms. The van der Waals surface area contributed by atoms with Crippen LogP contribution in [0.4, 0.5) is 8.78 Å². The third kappa shape index (κ3) is 5.69. The van der Waals surface area contributed by atoms with Crippen LogP contribution >= 0.6 is 11.6 Å². The molecule has 2 aromatic carbocycles. The first-order valence-electron chi connectivity index (χ1n) is 7.68. The Bertz CT molecular complexity index is 668. The molecule has 0 radical (unpaired) electrons. The molecule has 134 valence electrons. The molecular formula is C18H18ClF2NO3. The molecule has 0 saturated heterocycles. The summed E-state index contributed by atoms with van der Waals surface area (Å²) in [5, 5.41) is 11.6. The first kappa shape index (κ1) is 19.1. The number of amides is 1. The van der Waals surface area contributed by atoms with Crippen LogP contribution < -0.4 is 10.1 Å². The molecule has 7 heteroatoms. The van der Waals surface area contributed by atoms with Crippen LogP contribution in [0.3, 0.4) is 0 Å². The fourth-order valence-electron chi connectivity index (χ4n) is 2.21. The normalized spacial score (nSPS) is 13.3. The molecule has 2 N–H and O–H groups in total. The molecule has 0 heterocycles. The van der Waals surface area contributed by atoms with E-state index in [1.807, 2.05) is 0 Å². The van der Waals surface area contributed by atoms with Crippen LogP contribution in [0.1, 0.15) is 18.1 Å². The zero-order valence-corrected chi connectivity index (χ0v) is 14.0. The Labute approximate surface area is 149 Å². The molecule has 2 atom stereocenters. The molecule has 0 saturated carbocycles. The van der Waals surface area contributed by atoms with Gasteiger partial charge in [-0.05, 0) is 30.7 Å². The quantitative estimate of drug-likeness (QED) is 0.747. The van der Waals surface area contributed by atoms with E-state index >= 15 is 0 Å². The van der Waals surface area contributed by atoms with Gasteiger partial charge in [0.15, 0.2) is 0 Å². The second-order valence-electron chi connectivity index (χ2n) is 5.32. The summed E-state index contributed by atoms with van der Waals surface area (Å²) >= 11 is 5.82. The number of rotatable bonds is 8. The van der Waals surface area contributed by atoms with Crippen LogP contribution in [-0.4, -0.2) is 30.1 Å². The number of benzene rings is 2. The van der Waals surface area contributed by atoms with Gasteiger partial charge in [0.25, 0.3) is 12.3 Å². The van der Waals surface area contributed by atoms with Crippen LogP contribution in [0.15, 0.2) is 54.6 Å². The summed E-state index contributed by atoms with van der Waals surface area (Å²) in [5.74, 6) is -0.330. The van der Waals surface area contributed by atoms with Gasteiger partial charge in [-0.15, -0.1) is 0 Å². The lowest BCUT2D eigenvalue weighted by molar-refractivity contribution is -0.130. The molecule has 25 heavy (non-hydrogen) atoms. The molecular weight excluding hydrogens is 352 g/mol. The number of aliphatic hydroxyl groups is 1. The Hall–Kier alpha value is -2.18. The van der Waals surface area contributed by atoms with Gasteiger partial charge in [0.05, 0.1) is 6.04 Å². The molecule has 2 rings (SSSR count). The van der Waals surface area contributed by atoms with E-state index in [2.05, 4.69) is 5.32 Å². The molecule has 1 amide bonds. The van der Waals surface area contributed by atoms with Gasteiger partial charge in [0.1, 0.15) is 5.75 Å². The van der Waals surface area contributed by atoms with E-state index in [0.29, 0.717) is 16.3 Å². The monoisotopic (exact) mass is 369 g/mol. The van der Waals surface area contributed by atoms with Gasteiger partial charge in [-0.25, -0.2) is 8.78 Å². The van der Waals surface area contributed by atoms with Crippen molar-refractivity contribution >= 4 is 17.5 Å². The Morgan fingerprint density at radius 2 is 1.76 bits per heavy atom. The van der Waals surface area contributed by atoms with E-state index in [1.165, 1.54) is 0 Å². The highest BCUT2D eigenvalue weighted by Crippen LogP contribution is 2.24. The number of alkyl halides is 2. The van der Waals surface area contributed by atoms with Crippen LogP contribution in [0.25, 0.3) is 0 Å². The fourth-order valence-corrected chi connectivity index (χ4v) is 2.33. The van der Waals surface area contributed by atoms with Gasteiger partial charge >= 0.3 is 0 Å². The number of aliphatic hydroxyl groups excluding tert-OH is 1. The molecule has 2 unspecified atom stereocenters. The predicted octanol–water partition coefficient (Wildman–Crippen LogP) is 3.59. The average molecular weight is 370 g/mol. The fraction of sp³-hybridized carbons (Fsp3) is 0.278. The van der Waals surface area contributed by atoms with Crippen LogP contribution in [-0.2, 0) is 4.79 Å². The van der Waals surface area contributed by atoms with Crippen molar-refractivity contribution < 1.29 is 23.4 Å². The molecule has 0 aliphatic carbocycles. The van der Waals surface area contributed by atoms with Gasteiger partial charge < -0.3 is 15.2 Å². The topological polar surface area (TPSA) is 58.6 Å². The van der Waals surface area contributed by atoms with Crippen molar-refractivity contribution in [2.24, 2.45) is 0 Å². The maximum Gasteiger partial charge on any atom is 0.266 e. The Morgan fingerprint density at radius 1 is 1.12 bits per heavy atom. The molecule has 0 fully saturated rings. The summed E-state index contributed by atoms with van der Waals surface area (Å²) in [7, 11) is 0. The van der Waals surface area contributed by atoms with Crippen LogP contribution in [0.2, 0.25) is 5.02 Å². The summed E-state index contributed by atoms with van der Waals surface area (Å²) in [6.45, 7) is -0.455.